The maximum Gasteiger partial charge on any atom is 0.164 e. The summed E-state index contributed by atoms with van der Waals surface area (Å²) in [5, 5.41) is 4.62. The molecule has 0 atom stereocenters. The van der Waals surface area contributed by atoms with Crippen molar-refractivity contribution < 1.29 is 0 Å². The number of pyridine rings is 1. The molecule has 0 aliphatic heterocycles. The van der Waals surface area contributed by atoms with E-state index in [0.29, 0.717) is 17.5 Å². The first-order valence-corrected chi connectivity index (χ1v) is 18.1. The Labute approximate surface area is 308 Å². The molecule has 0 fully saturated rings. The van der Waals surface area contributed by atoms with Gasteiger partial charge in [0.05, 0.1) is 11.4 Å². The Morgan fingerprint density at radius 2 is 0.887 bits per heavy atom. The summed E-state index contributed by atoms with van der Waals surface area (Å²) in [5.74, 6) is 1.87. The monoisotopic (exact) mass is 678 g/mol. The average Bonchev–Trinajstić information content (AvgIpc) is 3.46. The highest BCUT2D eigenvalue weighted by molar-refractivity contribution is 6.13. The Morgan fingerprint density at radius 3 is 1.60 bits per heavy atom. The zero-order chi connectivity index (χ0) is 35.5. The minimum atomic E-state index is -0.157. The van der Waals surface area contributed by atoms with Crippen molar-refractivity contribution in [1.29, 1.82) is 0 Å². The standard InChI is InChI=1S/C49H34N4/c1-49(2)42-24-14-13-23-39(42)40-26-25-34(28-43(40)49)46-51-47(35-29-44(31-15-5-3-6-16-31)50-45(30-35)32-17-7-4-8-18-32)53-48(52-46)41-27-33-19-9-10-20-36(33)37-21-11-12-22-38(37)41/h3-30H,1-2H3. The van der Waals surface area contributed by atoms with E-state index in [4.69, 9.17) is 19.9 Å². The van der Waals surface area contributed by atoms with Gasteiger partial charge in [-0.2, -0.15) is 0 Å². The number of rotatable bonds is 5. The molecule has 0 N–H and O–H groups in total. The normalized spacial score (nSPS) is 12.9. The molecule has 1 aliphatic rings. The highest BCUT2D eigenvalue weighted by Gasteiger charge is 2.35. The van der Waals surface area contributed by atoms with E-state index in [9.17, 15) is 0 Å². The van der Waals surface area contributed by atoms with Crippen LogP contribution in [0.4, 0.5) is 0 Å². The number of hydrogen-bond donors (Lipinski definition) is 0. The van der Waals surface area contributed by atoms with Gasteiger partial charge in [-0.1, -0.05) is 159 Å². The molecule has 0 unspecified atom stereocenters. The van der Waals surface area contributed by atoms with E-state index in [0.717, 1.165) is 50.0 Å². The van der Waals surface area contributed by atoms with Crippen LogP contribution in [0.2, 0.25) is 0 Å². The summed E-state index contributed by atoms with van der Waals surface area (Å²) >= 11 is 0. The zero-order valence-corrected chi connectivity index (χ0v) is 29.5. The van der Waals surface area contributed by atoms with Crippen LogP contribution < -0.4 is 0 Å². The minimum Gasteiger partial charge on any atom is -0.248 e. The molecule has 2 aromatic heterocycles. The Bertz CT molecular complexity index is 2800. The molecule has 2 heterocycles. The molecule has 0 radical (unpaired) electrons. The fraction of sp³-hybridized carbons (Fsp3) is 0.0612. The first kappa shape index (κ1) is 31.0. The lowest BCUT2D eigenvalue weighted by Gasteiger charge is -2.21. The molecule has 7 aromatic carbocycles. The number of hydrogen-bond acceptors (Lipinski definition) is 4. The van der Waals surface area contributed by atoms with Gasteiger partial charge in [0.1, 0.15) is 0 Å². The summed E-state index contributed by atoms with van der Waals surface area (Å²) in [6.45, 7) is 4.61. The van der Waals surface area contributed by atoms with Crippen LogP contribution in [0.5, 0.6) is 0 Å². The molecule has 0 spiro atoms. The minimum absolute atomic E-state index is 0.157. The molecular weight excluding hydrogens is 645 g/mol. The molecule has 4 nitrogen and oxygen atoms in total. The van der Waals surface area contributed by atoms with Gasteiger partial charge in [0.25, 0.3) is 0 Å². The Balaban J connectivity index is 1.24. The van der Waals surface area contributed by atoms with Crippen molar-refractivity contribution in [3.05, 3.63) is 181 Å². The van der Waals surface area contributed by atoms with Gasteiger partial charge >= 0.3 is 0 Å². The number of nitrogens with zero attached hydrogens (tertiary/aromatic N) is 4. The van der Waals surface area contributed by atoms with Crippen LogP contribution in [-0.4, -0.2) is 19.9 Å². The van der Waals surface area contributed by atoms with E-state index in [-0.39, 0.29) is 5.41 Å². The second kappa shape index (κ2) is 12.2. The largest absolute Gasteiger partial charge is 0.248 e. The highest BCUT2D eigenvalue weighted by atomic mass is 15.0. The lowest BCUT2D eigenvalue weighted by Crippen LogP contribution is -2.15. The summed E-state index contributed by atoms with van der Waals surface area (Å²) in [6, 6.07) is 59.5. The maximum atomic E-state index is 5.31. The summed E-state index contributed by atoms with van der Waals surface area (Å²) in [7, 11) is 0. The van der Waals surface area contributed by atoms with Crippen molar-refractivity contribution in [2.75, 3.05) is 0 Å². The van der Waals surface area contributed by atoms with Gasteiger partial charge in [0.15, 0.2) is 17.5 Å². The number of fused-ring (bicyclic) bond motifs is 6. The number of aromatic nitrogens is 4. The predicted molar refractivity (Wildman–Crippen MR) is 217 cm³/mol. The van der Waals surface area contributed by atoms with Crippen LogP contribution in [0.15, 0.2) is 170 Å². The smallest absolute Gasteiger partial charge is 0.164 e. The second-order valence-corrected chi connectivity index (χ2v) is 14.3. The van der Waals surface area contributed by atoms with Crippen LogP contribution in [0, 0.1) is 0 Å². The third kappa shape index (κ3) is 5.22. The van der Waals surface area contributed by atoms with Gasteiger partial charge < -0.3 is 0 Å². The van der Waals surface area contributed by atoms with Crippen molar-refractivity contribution >= 4 is 21.5 Å². The van der Waals surface area contributed by atoms with Gasteiger partial charge in [-0.25, -0.2) is 19.9 Å². The van der Waals surface area contributed by atoms with Crippen LogP contribution in [0.3, 0.4) is 0 Å². The topological polar surface area (TPSA) is 51.6 Å². The number of benzene rings is 7. The van der Waals surface area contributed by atoms with Crippen molar-refractivity contribution in [3.8, 4) is 67.8 Å². The van der Waals surface area contributed by atoms with Gasteiger partial charge in [-0.15, -0.1) is 0 Å². The molecule has 0 bridgehead atoms. The zero-order valence-electron chi connectivity index (χ0n) is 29.5. The molecular formula is C49H34N4. The predicted octanol–water partition coefficient (Wildman–Crippen LogP) is 12.2. The molecule has 250 valence electrons. The Hall–Kier alpha value is -6.78. The molecule has 4 heteroatoms. The first-order chi connectivity index (χ1) is 26.0. The van der Waals surface area contributed by atoms with Gasteiger partial charge in [0, 0.05) is 33.2 Å². The lowest BCUT2D eigenvalue weighted by atomic mass is 9.82. The third-order valence-electron chi connectivity index (χ3n) is 10.7. The van der Waals surface area contributed by atoms with E-state index < -0.39 is 0 Å². The van der Waals surface area contributed by atoms with Crippen molar-refractivity contribution in [1.82, 2.24) is 19.9 Å². The van der Waals surface area contributed by atoms with E-state index in [1.807, 2.05) is 36.4 Å². The van der Waals surface area contributed by atoms with E-state index in [2.05, 4.69) is 147 Å². The second-order valence-electron chi connectivity index (χ2n) is 14.3. The van der Waals surface area contributed by atoms with E-state index >= 15 is 0 Å². The van der Waals surface area contributed by atoms with Crippen LogP contribution in [0.25, 0.3) is 89.4 Å². The van der Waals surface area contributed by atoms with Crippen LogP contribution in [0.1, 0.15) is 25.0 Å². The fourth-order valence-electron chi connectivity index (χ4n) is 8.01. The molecule has 1 aliphatic carbocycles. The highest BCUT2D eigenvalue weighted by Crippen LogP contribution is 2.49. The molecule has 9 aromatic rings. The molecule has 0 saturated carbocycles. The summed E-state index contributed by atoms with van der Waals surface area (Å²) in [6.07, 6.45) is 0. The molecule has 0 saturated heterocycles. The first-order valence-electron chi connectivity index (χ1n) is 18.1. The van der Waals surface area contributed by atoms with Crippen LogP contribution >= 0.6 is 0 Å². The average molecular weight is 679 g/mol. The molecule has 53 heavy (non-hydrogen) atoms. The SMILES string of the molecule is CC1(C)c2ccccc2-c2ccc(-c3nc(-c4cc(-c5ccccc5)nc(-c5ccccc5)c4)nc(-c4cc5ccccc5c5ccccc45)n3)cc21. The van der Waals surface area contributed by atoms with E-state index in [1.165, 1.54) is 33.0 Å². The van der Waals surface area contributed by atoms with Crippen LogP contribution in [-0.2, 0) is 5.41 Å². The summed E-state index contributed by atoms with van der Waals surface area (Å²) in [4.78, 5) is 21.0. The third-order valence-corrected chi connectivity index (χ3v) is 10.7. The van der Waals surface area contributed by atoms with Gasteiger partial charge in [-0.3, -0.25) is 0 Å². The van der Waals surface area contributed by atoms with Crippen molar-refractivity contribution in [2.45, 2.75) is 19.3 Å². The van der Waals surface area contributed by atoms with Crippen molar-refractivity contribution in [2.24, 2.45) is 0 Å². The fourth-order valence-corrected chi connectivity index (χ4v) is 8.01. The molecule has 10 rings (SSSR count). The summed E-state index contributed by atoms with van der Waals surface area (Å²) in [5.41, 5.74) is 11.6. The van der Waals surface area contributed by atoms with Gasteiger partial charge in [0.2, 0.25) is 0 Å². The summed E-state index contributed by atoms with van der Waals surface area (Å²) < 4.78 is 0. The molecule has 0 amide bonds. The Morgan fingerprint density at radius 1 is 0.340 bits per heavy atom. The lowest BCUT2D eigenvalue weighted by molar-refractivity contribution is 0.660. The maximum absolute atomic E-state index is 5.31. The quantitative estimate of drug-likeness (QED) is 0.170. The Kier molecular flexibility index (Phi) is 7.12. The van der Waals surface area contributed by atoms with Crippen molar-refractivity contribution in [3.63, 3.8) is 0 Å². The van der Waals surface area contributed by atoms with E-state index in [1.54, 1.807) is 0 Å². The van der Waals surface area contributed by atoms with Gasteiger partial charge in [-0.05, 0) is 68.1 Å².